The molecule has 1 amide bonds. The monoisotopic (exact) mass is 217 g/mol. The lowest BCUT2D eigenvalue weighted by Crippen LogP contribution is -2.48. The van der Waals surface area contributed by atoms with Crippen molar-refractivity contribution in [2.45, 2.75) is 25.8 Å². The Hall–Kier alpha value is -0.220. The second-order valence-electron chi connectivity index (χ2n) is 4.50. The Labute approximate surface area is 91.2 Å². The van der Waals surface area contributed by atoms with Gasteiger partial charge in [0, 0.05) is 20.1 Å². The van der Waals surface area contributed by atoms with Crippen LogP contribution in [0.25, 0.3) is 0 Å². The van der Waals surface area contributed by atoms with Gasteiger partial charge in [0.25, 0.3) is 0 Å². The zero-order valence-electron chi connectivity index (χ0n) is 9.12. The van der Waals surface area contributed by atoms with Gasteiger partial charge in [-0.05, 0) is 25.5 Å². The van der Waals surface area contributed by atoms with E-state index in [1.54, 1.807) is 7.11 Å². The van der Waals surface area contributed by atoms with Crippen LogP contribution in [0.1, 0.15) is 20.3 Å². The SMILES string of the molecule is COCC(C)(C)N1CC(CS)CC1=O. The highest BCUT2D eigenvalue weighted by atomic mass is 32.1. The minimum absolute atomic E-state index is 0.191. The van der Waals surface area contributed by atoms with Gasteiger partial charge in [0.15, 0.2) is 0 Å². The topological polar surface area (TPSA) is 29.5 Å². The van der Waals surface area contributed by atoms with Gasteiger partial charge in [-0.15, -0.1) is 0 Å². The molecule has 4 heteroatoms. The first kappa shape index (κ1) is 11.9. The molecule has 0 bridgehead atoms. The van der Waals surface area contributed by atoms with Gasteiger partial charge in [-0.3, -0.25) is 4.79 Å². The van der Waals surface area contributed by atoms with E-state index in [0.29, 0.717) is 18.9 Å². The molecule has 0 radical (unpaired) electrons. The summed E-state index contributed by atoms with van der Waals surface area (Å²) in [5.41, 5.74) is -0.191. The Morgan fingerprint density at radius 2 is 2.29 bits per heavy atom. The number of carbonyl (C=O) groups is 1. The van der Waals surface area contributed by atoms with Crippen LogP contribution < -0.4 is 0 Å². The molecule has 3 nitrogen and oxygen atoms in total. The Morgan fingerprint density at radius 3 is 2.71 bits per heavy atom. The summed E-state index contributed by atoms with van der Waals surface area (Å²) in [7, 11) is 1.67. The number of hydrogen-bond donors (Lipinski definition) is 1. The molecule has 0 spiro atoms. The molecule has 1 unspecified atom stereocenters. The molecule has 1 heterocycles. The third kappa shape index (κ3) is 2.42. The predicted octanol–water partition coefficient (Wildman–Crippen LogP) is 1.19. The Balaban J connectivity index is 2.64. The lowest BCUT2D eigenvalue weighted by molar-refractivity contribution is -0.133. The van der Waals surface area contributed by atoms with Crippen molar-refractivity contribution in [2.75, 3.05) is 26.0 Å². The van der Waals surface area contributed by atoms with E-state index in [2.05, 4.69) is 12.6 Å². The average Bonchev–Trinajstić information content (AvgIpc) is 2.47. The molecule has 0 aliphatic carbocycles. The number of ether oxygens (including phenoxy) is 1. The maximum Gasteiger partial charge on any atom is 0.223 e. The molecule has 1 aliphatic heterocycles. The fourth-order valence-corrected chi connectivity index (χ4v) is 2.16. The lowest BCUT2D eigenvalue weighted by atomic mass is 10.1. The maximum atomic E-state index is 11.7. The van der Waals surface area contributed by atoms with Crippen molar-refractivity contribution in [3.63, 3.8) is 0 Å². The van der Waals surface area contributed by atoms with E-state index in [9.17, 15) is 4.79 Å². The van der Waals surface area contributed by atoms with E-state index in [1.165, 1.54) is 0 Å². The summed E-state index contributed by atoms with van der Waals surface area (Å²) >= 11 is 4.23. The molecule has 1 aliphatic rings. The maximum absolute atomic E-state index is 11.7. The number of methoxy groups -OCH3 is 1. The summed E-state index contributed by atoms with van der Waals surface area (Å²) in [4.78, 5) is 13.6. The van der Waals surface area contributed by atoms with Crippen molar-refractivity contribution >= 4 is 18.5 Å². The summed E-state index contributed by atoms with van der Waals surface area (Å²) in [6.07, 6.45) is 0.636. The molecular weight excluding hydrogens is 198 g/mol. The highest BCUT2D eigenvalue weighted by molar-refractivity contribution is 7.80. The number of hydrogen-bond acceptors (Lipinski definition) is 3. The molecule has 0 aromatic carbocycles. The summed E-state index contributed by atoms with van der Waals surface area (Å²) in [5.74, 6) is 1.42. The number of nitrogens with zero attached hydrogens (tertiary/aromatic N) is 1. The summed E-state index contributed by atoms with van der Waals surface area (Å²) in [6, 6.07) is 0. The van der Waals surface area contributed by atoms with Crippen LogP contribution in [0, 0.1) is 5.92 Å². The largest absolute Gasteiger partial charge is 0.382 e. The zero-order chi connectivity index (χ0) is 10.8. The third-order valence-electron chi connectivity index (χ3n) is 2.69. The minimum Gasteiger partial charge on any atom is -0.382 e. The van der Waals surface area contributed by atoms with Crippen molar-refractivity contribution < 1.29 is 9.53 Å². The van der Waals surface area contributed by atoms with Gasteiger partial charge in [-0.2, -0.15) is 12.6 Å². The molecule has 1 atom stereocenters. The summed E-state index contributed by atoms with van der Waals surface area (Å²) < 4.78 is 5.12. The van der Waals surface area contributed by atoms with Gasteiger partial charge in [0.2, 0.25) is 5.91 Å². The van der Waals surface area contributed by atoms with E-state index >= 15 is 0 Å². The highest BCUT2D eigenvalue weighted by Crippen LogP contribution is 2.26. The van der Waals surface area contributed by atoms with E-state index in [4.69, 9.17) is 4.74 Å². The summed E-state index contributed by atoms with van der Waals surface area (Å²) in [6.45, 7) is 5.47. The normalized spacial score (nSPS) is 23.3. The second-order valence-corrected chi connectivity index (χ2v) is 4.87. The first-order valence-corrected chi connectivity index (χ1v) is 5.55. The molecule has 0 aromatic heterocycles. The van der Waals surface area contributed by atoms with Crippen LogP contribution in [0.5, 0.6) is 0 Å². The van der Waals surface area contributed by atoms with E-state index in [-0.39, 0.29) is 11.4 Å². The fourth-order valence-electron chi connectivity index (χ4n) is 1.92. The van der Waals surface area contributed by atoms with Crippen LogP contribution in [-0.4, -0.2) is 42.4 Å². The van der Waals surface area contributed by atoms with E-state index in [0.717, 1.165) is 12.3 Å². The molecule has 1 rings (SSSR count). The average molecular weight is 217 g/mol. The molecular formula is C10H19NO2S. The first-order chi connectivity index (χ1) is 6.51. The van der Waals surface area contributed by atoms with Crippen molar-refractivity contribution in [2.24, 2.45) is 5.92 Å². The van der Waals surface area contributed by atoms with Gasteiger partial charge in [0.05, 0.1) is 12.1 Å². The van der Waals surface area contributed by atoms with Crippen molar-refractivity contribution in [3.8, 4) is 0 Å². The lowest BCUT2D eigenvalue weighted by Gasteiger charge is -2.35. The number of thiol groups is 1. The molecule has 1 fully saturated rings. The standard InChI is InChI=1S/C10H19NO2S/c1-10(2,7-13-3)11-5-8(6-14)4-9(11)12/h8,14H,4-7H2,1-3H3. The zero-order valence-corrected chi connectivity index (χ0v) is 10.0. The number of carbonyl (C=O) groups excluding carboxylic acids is 1. The van der Waals surface area contributed by atoms with Crippen LogP contribution in [0.2, 0.25) is 0 Å². The van der Waals surface area contributed by atoms with Crippen LogP contribution in [-0.2, 0) is 9.53 Å². The predicted molar refractivity (Wildman–Crippen MR) is 59.6 cm³/mol. The van der Waals surface area contributed by atoms with Crippen molar-refractivity contribution in [1.29, 1.82) is 0 Å². The fraction of sp³-hybridized carbons (Fsp3) is 0.900. The third-order valence-corrected chi connectivity index (χ3v) is 3.21. The van der Waals surface area contributed by atoms with Crippen LogP contribution in [0.15, 0.2) is 0 Å². The quantitative estimate of drug-likeness (QED) is 0.717. The molecule has 82 valence electrons. The Bertz CT molecular complexity index is 218. The first-order valence-electron chi connectivity index (χ1n) is 4.91. The van der Waals surface area contributed by atoms with Gasteiger partial charge in [-0.25, -0.2) is 0 Å². The van der Waals surface area contributed by atoms with E-state index in [1.807, 2.05) is 18.7 Å². The van der Waals surface area contributed by atoms with Crippen LogP contribution in [0.4, 0.5) is 0 Å². The number of amides is 1. The van der Waals surface area contributed by atoms with Gasteiger partial charge in [0.1, 0.15) is 0 Å². The second kappa shape index (κ2) is 4.53. The van der Waals surface area contributed by atoms with Crippen LogP contribution in [0.3, 0.4) is 0 Å². The van der Waals surface area contributed by atoms with Gasteiger partial charge in [-0.1, -0.05) is 0 Å². The molecule has 14 heavy (non-hydrogen) atoms. The molecule has 0 aromatic rings. The highest BCUT2D eigenvalue weighted by Gasteiger charge is 2.38. The van der Waals surface area contributed by atoms with Crippen molar-refractivity contribution in [3.05, 3.63) is 0 Å². The molecule has 0 N–H and O–H groups in total. The van der Waals surface area contributed by atoms with Gasteiger partial charge >= 0.3 is 0 Å². The van der Waals surface area contributed by atoms with Crippen LogP contribution >= 0.6 is 12.6 Å². The smallest absolute Gasteiger partial charge is 0.223 e. The Morgan fingerprint density at radius 1 is 1.64 bits per heavy atom. The molecule has 1 saturated heterocycles. The number of rotatable bonds is 4. The molecule has 0 saturated carbocycles. The van der Waals surface area contributed by atoms with E-state index < -0.39 is 0 Å². The summed E-state index contributed by atoms with van der Waals surface area (Å²) in [5, 5.41) is 0. The Kier molecular flexibility index (Phi) is 3.84. The number of likely N-dealkylation sites (tertiary alicyclic amines) is 1. The van der Waals surface area contributed by atoms with Gasteiger partial charge < -0.3 is 9.64 Å². The van der Waals surface area contributed by atoms with Crippen molar-refractivity contribution in [1.82, 2.24) is 4.90 Å². The minimum atomic E-state index is -0.191.